The van der Waals surface area contributed by atoms with Crippen LogP contribution in [0.2, 0.25) is 0 Å². The van der Waals surface area contributed by atoms with Crippen LogP contribution in [0.3, 0.4) is 0 Å². The lowest BCUT2D eigenvalue weighted by Crippen LogP contribution is -2.44. The molecule has 3 rings (SSSR count). The van der Waals surface area contributed by atoms with Crippen LogP contribution >= 0.6 is 0 Å². The number of benzene rings is 1. The maximum absolute atomic E-state index is 12.9. The van der Waals surface area contributed by atoms with Crippen LogP contribution in [0, 0.1) is 5.41 Å². The summed E-state index contributed by atoms with van der Waals surface area (Å²) in [6.45, 7) is 3.51. The zero-order valence-electron chi connectivity index (χ0n) is 18.2. The molecule has 3 N–H and O–H groups in total. The summed E-state index contributed by atoms with van der Waals surface area (Å²) in [7, 11) is -4.96. The van der Waals surface area contributed by atoms with Gasteiger partial charge in [0.25, 0.3) is 0 Å². The van der Waals surface area contributed by atoms with E-state index in [4.69, 9.17) is 5.14 Å². The Balaban J connectivity index is 2.05. The second-order valence-electron chi connectivity index (χ2n) is 8.84. The molecule has 1 heterocycles. The van der Waals surface area contributed by atoms with Crippen molar-refractivity contribution < 1.29 is 21.9 Å². The SMILES string of the molecule is CN(C)S(=O)(=O)C1=CCC(c2ccccc2N2CCC(C)(CO)CC2)(S(N)(=O)=O)C=C1. The van der Waals surface area contributed by atoms with Gasteiger partial charge in [-0.25, -0.2) is 26.3 Å². The highest BCUT2D eigenvalue weighted by Gasteiger charge is 2.45. The molecule has 8 nitrogen and oxygen atoms in total. The van der Waals surface area contributed by atoms with Gasteiger partial charge in [-0.15, -0.1) is 0 Å². The van der Waals surface area contributed by atoms with E-state index in [1.165, 1.54) is 32.3 Å². The summed E-state index contributed by atoms with van der Waals surface area (Å²) in [6.07, 6.45) is 5.64. The average molecular weight is 470 g/mol. The Morgan fingerprint density at radius 1 is 1.13 bits per heavy atom. The molecular formula is C21H31N3O5S2. The molecule has 1 unspecified atom stereocenters. The van der Waals surface area contributed by atoms with Crippen LogP contribution in [0.15, 0.2) is 47.4 Å². The Morgan fingerprint density at radius 2 is 1.74 bits per heavy atom. The van der Waals surface area contributed by atoms with Crippen molar-refractivity contribution >= 4 is 25.7 Å². The van der Waals surface area contributed by atoms with Crippen molar-refractivity contribution in [2.75, 3.05) is 38.7 Å². The van der Waals surface area contributed by atoms with E-state index in [2.05, 4.69) is 4.90 Å². The van der Waals surface area contributed by atoms with Gasteiger partial charge >= 0.3 is 0 Å². The Morgan fingerprint density at radius 3 is 2.23 bits per heavy atom. The van der Waals surface area contributed by atoms with E-state index >= 15 is 0 Å². The van der Waals surface area contributed by atoms with Gasteiger partial charge in [0.05, 0.1) is 4.91 Å². The molecule has 31 heavy (non-hydrogen) atoms. The first-order valence-electron chi connectivity index (χ1n) is 10.2. The zero-order valence-corrected chi connectivity index (χ0v) is 19.8. The Bertz CT molecular complexity index is 1100. The Kier molecular flexibility index (Phi) is 6.43. The highest BCUT2D eigenvalue weighted by molar-refractivity contribution is 7.93. The predicted octanol–water partition coefficient (Wildman–Crippen LogP) is 1.50. The fourth-order valence-electron chi connectivity index (χ4n) is 4.12. The quantitative estimate of drug-likeness (QED) is 0.651. The number of aliphatic hydroxyl groups excluding tert-OH is 1. The van der Waals surface area contributed by atoms with E-state index in [0.717, 1.165) is 22.8 Å². The Labute approximate surface area is 185 Å². The molecule has 0 aromatic heterocycles. The number of primary sulfonamides is 1. The minimum Gasteiger partial charge on any atom is -0.396 e. The summed E-state index contributed by atoms with van der Waals surface area (Å²) in [5, 5.41) is 15.4. The van der Waals surface area contributed by atoms with Crippen LogP contribution in [0.25, 0.3) is 0 Å². The van der Waals surface area contributed by atoms with Crippen LogP contribution in [-0.2, 0) is 24.8 Å². The maximum atomic E-state index is 12.9. The van der Waals surface area contributed by atoms with Gasteiger partial charge in [0.2, 0.25) is 20.0 Å². The highest BCUT2D eigenvalue weighted by atomic mass is 32.2. The molecule has 2 aliphatic rings. The van der Waals surface area contributed by atoms with Gasteiger partial charge in [0.15, 0.2) is 0 Å². The largest absolute Gasteiger partial charge is 0.396 e. The minimum atomic E-state index is -4.12. The highest BCUT2D eigenvalue weighted by Crippen LogP contribution is 2.44. The van der Waals surface area contributed by atoms with E-state index in [-0.39, 0.29) is 23.3 Å². The van der Waals surface area contributed by atoms with Crippen molar-refractivity contribution in [2.45, 2.75) is 30.9 Å². The molecule has 1 saturated heterocycles. The molecule has 172 valence electrons. The number of aliphatic hydroxyl groups is 1. The second kappa shape index (κ2) is 8.32. The molecule has 1 aromatic carbocycles. The van der Waals surface area contributed by atoms with Crippen LogP contribution in [0.1, 0.15) is 31.7 Å². The van der Waals surface area contributed by atoms with Crippen molar-refractivity contribution in [3.8, 4) is 0 Å². The molecule has 0 radical (unpaired) electrons. The number of hydrogen-bond donors (Lipinski definition) is 2. The van der Waals surface area contributed by atoms with Gasteiger partial charge in [-0.1, -0.05) is 37.3 Å². The summed E-state index contributed by atoms with van der Waals surface area (Å²) in [4.78, 5) is 2.16. The molecule has 1 fully saturated rings. The summed E-state index contributed by atoms with van der Waals surface area (Å²) in [5.41, 5.74) is 1.14. The first-order chi connectivity index (χ1) is 14.4. The third kappa shape index (κ3) is 4.31. The maximum Gasteiger partial charge on any atom is 0.242 e. The number of sulfonamides is 2. The van der Waals surface area contributed by atoms with Gasteiger partial charge in [-0.2, -0.15) is 0 Å². The van der Waals surface area contributed by atoms with E-state index in [0.29, 0.717) is 18.7 Å². The molecule has 1 aliphatic heterocycles. The fraction of sp³-hybridized carbons (Fsp3) is 0.524. The van der Waals surface area contributed by atoms with Crippen LogP contribution < -0.4 is 10.0 Å². The van der Waals surface area contributed by atoms with E-state index < -0.39 is 24.8 Å². The van der Waals surface area contributed by atoms with E-state index in [1.54, 1.807) is 12.1 Å². The number of rotatable bonds is 6. The summed E-state index contributed by atoms with van der Waals surface area (Å²) in [5.74, 6) is 0. The van der Waals surface area contributed by atoms with E-state index in [9.17, 15) is 21.9 Å². The second-order valence-corrected chi connectivity index (χ2v) is 12.8. The lowest BCUT2D eigenvalue weighted by molar-refractivity contribution is 0.115. The normalized spacial score (nSPS) is 24.3. The van der Waals surface area contributed by atoms with Crippen molar-refractivity contribution in [2.24, 2.45) is 10.6 Å². The summed E-state index contributed by atoms with van der Waals surface area (Å²) >= 11 is 0. The van der Waals surface area contributed by atoms with Crippen molar-refractivity contribution in [3.05, 3.63) is 53.0 Å². The van der Waals surface area contributed by atoms with Gasteiger partial charge in [-0.3, -0.25) is 0 Å². The molecule has 0 spiro atoms. The molecular weight excluding hydrogens is 438 g/mol. The monoisotopic (exact) mass is 469 g/mol. The minimum absolute atomic E-state index is 0.0472. The predicted molar refractivity (Wildman–Crippen MR) is 122 cm³/mol. The topological polar surface area (TPSA) is 121 Å². The summed E-state index contributed by atoms with van der Waals surface area (Å²) in [6, 6.07) is 7.22. The van der Waals surface area contributed by atoms with Gasteiger partial charge in [0, 0.05) is 45.0 Å². The van der Waals surface area contributed by atoms with E-state index in [1.807, 2.05) is 19.1 Å². The van der Waals surface area contributed by atoms with Crippen LogP contribution in [0.4, 0.5) is 5.69 Å². The average Bonchev–Trinajstić information content (AvgIpc) is 2.73. The molecule has 1 atom stereocenters. The smallest absolute Gasteiger partial charge is 0.242 e. The molecule has 1 aromatic rings. The number of piperidine rings is 1. The van der Waals surface area contributed by atoms with Gasteiger partial charge in [-0.05, 0) is 36.8 Å². The third-order valence-electron chi connectivity index (χ3n) is 6.46. The number of anilines is 1. The molecule has 0 bridgehead atoms. The zero-order chi connectivity index (χ0) is 23.1. The first kappa shape index (κ1) is 23.9. The first-order valence-corrected chi connectivity index (χ1v) is 13.1. The number of hydrogen-bond acceptors (Lipinski definition) is 6. The van der Waals surface area contributed by atoms with Gasteiger partial charge in [0.1, 0.15) is 4.75 Å². The third-order valence-corrected chi connectivity index (χ3v) is 9.86. The standard InChI is InChI=1S/C21H31N3O5S2/c1-20(16-25)12-14-24(15-13-20)19-7-5-4-6-18(19)21(31(22,28)29)10-8-17(9-11-21)30(26,27)23(2)3/h4-10,25H,11-16H2,1-3H3,(H2,22,28,29). The van der Waals surface area contributed by atoms with Gasteiger partial charge < -0.3 is 10.0 Å². The van der Waals surface area contributed by atoms with Crippen molar-refractivity contribution in [1.29, 1.82) is 0 Å². The fourth-order valence-corrected chi connectivity index (χ4v) is 6.13. The molecule has 0 amide bonds. The number of nitrogens with zero attached hydrogens (tertiary/aromatic N) is 2. The number of para-hydroxylation sites is 1. The lowest BCUT2D eigenvalue weighted by Gasteiger charge is -2.42. The number of nitrogens with two attached hydrogens (primary N) is 1. The Hall–Kier alpha value is -1.72. The molecule has 0 saturated carbocycles. The summed E-state index contributed by atoms with van der Waals surface area (Å²) < 4.78 is 50.2. The van der Waals surface area contributed by atoms with Crippen molar-refractivity contribution in [1.82, 2.24) is 4.31 Å². The van der Waals surface area contributed by atoms with Crippen LogP contribution in [-0.4, -0.2) is 60.0 Å². The van der Waals surface area contributed by atoms with Crippen LogP contribution in [0.5, 0.6) is 0 Å². The van der Waals surface area contributed by atoms with Crippen molar-refractivity contribution in [3.63, 3.8) is 0 Å². The number of allylic oxidation sites excluding steroid dienone is 2. The molecule has 1 aliphatic carbocycles. The lowest BCUT2D eigenvalue weighted by atomic mass is 9.80. The molecule has 10 heteroatoms.